The van der Waals surface area contributed by atoms with Gasteiger partial charge in [-0.25, -0.2) is 0 Å². The highest BCUT2D eigenvalue weighted by atomic mass is 16.5. The van der Waals surface area contributed by atoms with E-state index in [1.807, 2.05) is 60.4 Å². The zero-order valence-corrected chi connectivity index (χ0v) is 20.5. The molecule has 1 aliphatic heterocycles. The molecule has 0 radical (unpaired) electrons. The summed E-state index contributed by atoms with van der Waals surface area (Å²) in [5, 5.41) is 3.21. The summed E-state index contributed by atoms with van der Waals surface area (Å²) in [7, 11) is 1.68. The highest BCUT2D eigenvalue weighted by Crippen LogP contribution is 2.31. The summed E-state index contributed by atoms with van der Waals surface area (Å²) >= 11 is 0. The molecule has 1 saturated heterocycles. The van der Waals surface area contributed by atoms with E-state index in [4.69, 9.17) is 4.74 Å². The molecule has 6 heteroatoms. The zero-order chi connectivity index (χ0) is 23.9. The largest absolute Gasteiger partial charge is 0.496 e. The third-order valence-corrected chi connectivity index (χ3v) is 7.26. The van der Waals surface area contributed by atoms with Crippen molar-refractivity contribution >= 4 is 11.8 Å². The van der Waals surface area contributed by atoms with Gasteiger partial charge in [0.15, 0.2) is 0 Å². The Morgan fingerprint density at radius 1 is 1.03 bits per heavy atom. The van der Waals surface area contributed by atoms with Crippen molar-refractivity contribution in [2.75, 3.05) is 39.8 Å². The number of hydrogen-bond acceptors (Lipinski definition) is 4. The Balaban J connectivity index is 1.36. The summed E-state index contributed by atoms with van der Waals surface area (Å²) < 4.78 is 5.44. The predicted molar refractivity (Wildman–Crippen MR) is 134 cm³/mol. The van der Waals surface area contributed by atoms with Crippen LogP contribution in [0.4, 0.5) is 0 Å². The van der Waals surface area contributed by atoms with Gasteiger partial charge in [0.05, 0.1) is 13.2 Å². The normalized spacial score (nSPS) is 18.0. The Hall–Kier alpha value is -2.86. The average Bonchev–Trinajstić information content (AvgIpc) is 3.39. The quantitative estimate of drug-likeness (QED) is 0.649. The number of carbonyl (C=O) groups excluding carboxylic acids is 2. The minimum atomic E-state index is -0.114. The van der Waals surface area contributed by atoms with Crippen LogP contribution in [0.3, 0.4) is 0 Å². The number of rotatable bonds is 8. The first kappa shape index (κ1) is 24.3. The molecule has 0 bridgehead atoms. The zero-order valence-electron chi connectivity index (χ0n) is 20.5. The molecule has 2 aromatic carbocycles. The molecule has 1 atom stereocenters. The average molecular weight is 464 g/mol. The van der Waals surface area contributed by atoms with Crippen molar-refractivity contribution in [2.24, 2.45) is 5.92 Å². The van der Waals surface area contributed by atoms with Crippen LogP contribution in [0.15, 0.2) is 48.5 Å². The topological polar surface area (TPSA) is 61.9 Å². The van der Waals surface area contributed by atoms with Gasteiger partial charge in [-0.2, -0.15) is 0 Å². The number of para-hydroxylation sites is 1. The molecule has 0 unspecified atom stereocenters. The van der Waals surface area contributed by atoms with E-state index < -0.39 is 0 Å². The monoisotopic (exact) mass is 463 g/mol. The lowest BCUT2D eigenvalue weighted by atomic mass is 9.94. The van der Waals surface area contributed by atoms with Gasteiger partial charge in [-0.05, 0) is 55.9 Å². The van der Waals surface area contributed by atoms with Gasteiger partial charge in [-0.15, -0.1) is 0 Å². The van der Waals surface area contributed by atoms with Crippen LogP contribution in [-0.2, 0) is 11.2 Å². The highest BCUT2D eigenvalue weighted by Gasteiger charge is 2.37. The van der Waals surface area contributed by atoms with Gasteiger partial charge < -0.3 is 15.0 Å². The van der Waals surface area contributed by atoms with Gasteiger partial charge in [0.1, 0.15) is 5.75 Å². The third-order valence-electron chi connectivity index (χ3n) is 7.26. The molecule has 1 N–H and O–H groups in total. The maximum atomic E-state index is 13.4. The number of amides is 2. The van der Waals surface area contributed by atoms with Gasteiger partial charge in [0, 0.05) is 38.3 Å². The van der Waals surface area contributed by atoms with E-state index in [2.05, 4.69) is 10.2 Å². The van der Waals surface area contributed by atoms with Crippen LogP contribution >= 0.6 is 0 Å². The first-order chi connectivity index (χ1) is 16.6. The molecule has 1 saturated carbocycles. The number of ether oxygens (including phenoxy) is 1. The number of benzene rings is 2. The summed E-state index contributed by atoms with van der Waals surface area (Å²) in [6.07, 6.45) is 5.34. The standard InChI is InChI=1S/C28H37N3O3/c1-21-8-7-12-24(20-21)28(33)31-18-16-30(17-19-31)26(23-10-3-4-11-23)27(32)29-15-14-22-9-5-6-13-25(22)34-2/h5-9,12-13,20,23,26H,3-4,10-11,14-19H2,1-2H3,(H,29,32)/t26-/m1/s1. The second-order valence-corrected chi connectivity index (χ2v) is 9.54. The minimum absolute atomic E-state index is 0.0852. The molecule has 1 aliphatic carbocycles. The number of piperazine rings is 1. The number of nitrogens with one attached hydrogen (secondary N) is 1. The van der Waals surface area contributed by atoms with Gasteiger partial charge in [0.2, 0.25) is 5.91 Å². The Labute approximate surface area is 203 Å². The van der Waals surface area contributed by atoms with E-state index in [1.54, 1.807) is 7.11 Å². The predicted octanol–water partition coefficient (Wildman–Crippen LogP) is 3.68. The van der Waals surface area contributed by atoms with Crippen LogP contribution < -0.4 is 10.1 Å². The van der Waals surface area contributed by atoms with E-state index >= 15 is 0 Å². The number of carbonyl (C=O) groups is 2. The molecule has 6 nitrogen and oxygen atoms in total. The summed E-state index contributed by atoms with van der Waals surface area (Å²) in [6, 6.07) is 15.6. The molecule has 2 fully saturated rings. The summed E-state index contributed by atoms with van der Waals surface area (Å²) in [5.74, 6) is 1.46. The molecule has 1 heterocycles. The Kier molecular flexibility index (Phi) is 8.22. The molecule has 0 aromatic heterocycles. The minimum Gasteiger partial charge on any atom is -0.496 e. The Morgan fingerprint density at radius 2 is 1.76 bits per heavy atom. The summed E-state index contributed by atoms with van der Waals surface area (Å²) in [4.78, 5) is 30.6. The number of methoxy groups -OCH3 is 1. The first-order valence-corrected chi connectivity index (χ1v) is 12.6. The Bertz CT molecular complexity index is 978. The molecule has 0 spiro atoms. The van der Waals surface area contributed by atoms with Gasteiger partial charge in [-0.3, -0.25) is 14.5 Å². The number of hydrogen-bond donors (Lipinski definition) is 1. The molecule has 4 rings (SSSR count). The van der Waals surface area contributed by atoms with Crippen molar-refractivity contribution in [1.29, 1.82) is 0 Å². The maximum Gasteiger partial charge on any atom is 0.253 e. The van der Waals surface area contributed by atoms with Crippen molar-refractivity contribution in [2.45, 2.75) is 45.1 Å². The van der Waals surface area contributed by atoms with Crippen molar-refractivity contribution in [3.05, 3.63) is 65.2 Å². The fourth-order valence-electron chi connectivity index (χ4n) is 5.45. The fourth-order valence-corrected chi connectivity index (χ4v) is 5.45. The van der Waals surface area contributed by atoms with E-state index in [0.29, 0.717) is 25.6 Å². The van der Waals surface area contributed by atoms with Crippen LogP contribution in [0.1, 0.15) is 47.2 Å². The van der Waals surface area contributed by atoms with E-state index in [9.17, 15) is 9.59 Å². The van der Waals surface area contributed by atoms with E-state index in [1.165, 1.54) is 12.8 Å². The van der Waals surface area contributed by atoms with Crippen LogP contribution in [0, 0.1) is 12.8 Å². The van der Waals surface area contributed by atoms with Crippen LogP contribution in [-0.4, -0.2) is 67.5 Å². The van der Waals surface area contributed by atoms with Crippen LogP contribution in [0.5, 0.6) is 5.75 Å². The third kappa shape index (κ3) is 5.79. The summed E-state index contributed by atoms with van der Waals surface area (Å²) in [5.41, 5.74) is 2.94. The molecular weight excluding hydrogens is 426 g/mol. The maximum absolute atomic E-state index is 13.4. The molecule has 2 aromatic rings. The number of aryl methyl sites for hydroxylation is 1. The van der Waals surface area contributed by atoms with Crippen molar-refractivity contribution in [3.63, 3.8) is 0 Å². The SMILES string of the molecule is COc1ccccc1CCNC(=O)[C@@H](C1CCCC1)N1CCN(C(=O)c2cccc(C)c2)CC1. The lowest BCUT2D eigenvalue weighted by Gasteiger charge is -2.40. The van der Waals surface area contributed by atoms with Crippen LogP contribution in [0.2, 0.25) is 0 Å². The molecule has 34 heavy (non-hydrogen) atoms. The van der Waals surface area contributed by atoms with Gasteiger partial charge >= 0.3 is 0 Å². The van der Waals surface area contributed by atoms with E-state index in [0.717, 1.165) is 54.8 Å². The summed E-state index contributed by atoms with van der Waals surface area (Å²) in [6.45, 7) is 5.38. The van der Waals surface area contributed by atoms with Gasteiger partial charge in [-0.1, -0.05) is 48.7 Å². The second-order valence-electron chi connectivity index (χ2n) is 9.54. The van der Waals surface area contributed by atoms with Crippen molar-refractivity contribution < 1.29 is 14.3 Å². The van der Waals surface area contributed by atoms with Crippen molar-refractivity contribution in [1.82, 2.24) is 15.1 Å². The molecule has 2 aliphatic rings. The molecular formula is C28H37N3O3. The lowest BCUT2D eigenvalue weighted by Crippen LogP contribution is -2.58. The molecule has 2 amide bonds. The van der Waals surface area contributed by atoms with Crippen molar-refractivity contribution in [3.8, 4) is 5.75 Å². The fraction of sp³-hybridized carbons (Fsp3) is 0.500. The molecule has 182 valence electrons. The highest BCUT2D eigenvalue weighted by molar-refractivity contribution is 5.94. The number of nitrogens with zero attached hydrogens (tertiary/aromatic N) is 2. The second kappa shape index (κ2) is 11.5. The lowest BCUT2D eigenvalue weighted by molar-refractivity contribution is -0.129. The van der Waals surface area contributed by atoms with E-state index in [-0.39, 0.29) is 17.9 Å². The first-order valence-electron chi connectivity index (χ1n) is 12.6. The van der Waals surface area contributed by atoms with Crippen LogP contribution in [0.25, 0.3) is 0 Å². The smallest absolute Gasteiger partial charge is 0.253 e. The Morgan fingerprint density at radius 3 is 2.47 bits per heavy atom. The van der Waals surface area contributed by atoms with Gasteiger partial charge in [0.25, 0.3) is 5.91 Å².